The fourth-order valence-electron chi connectivity index (χ4n) is 2.14. The van der Waals surface area contributed by atoms with Crippen LogP contribution in [0.3, 0.4) is 0 Å². The minimum atomic E-state index is -2.91. The van der Waals surface area contributed by atoms with Crippen LogP contribution in [0.5, 0.6) is 5.75 Å². The molecule has 6 heteroatoms. The van der Waals surface area contributed by atoms with Crippen LogP contribution in [0.25, 0.3) is 0 Å². The minimum absolute atomic E-state index is 0.0338. The second kappa shape index (κ2) is 5.75. The summed E-state index contributed by atoms with van der Waals surface area (Å²) in [7, 11) is 0. The van der Waals surface area contributed by atoms with Gasteiger partial charge in [0.15, 0.2) is 0 Å². The highest BCUT2D eigenvalue weighted by atomic mass is 19.3. The van der Waals surface area contributed by atoms with Crippen molar-refractivity contribution < 1.29 is 23.0 Å². The molecule has 20 heavy (non-hydrogen) atoms. The molecule has 1 saturated heterocycles. The summed E-state index contributed by atoms with van der Waals surface area (Å²) >= 11 is 0. The maximum atomic E-state index is 12.2. The average Bonchev–Trinajstić information content (AvgIpc) is 2.69. The van der Waals surface area contributed by atoms with Gasteiger partial charge in [-0.3, -0.25) is 4.79 Å². The Morgan fingerprint density at radius 3 is 2.90 bits per heavy atom. The molecule has 0 unspecified atom stereocenters. The highest BCUT2D eigenvalue weighted by molar-refractivity contribution is 5.95. The quantitative estimate of drug-likeness (QED) is 0.925. The van der Waals surface area contributed by atoms with E-state index in [1.54, 1.807) is 6.07 Å². The zero-order valence-corrected chi connectivity index (χ0v) is 11.4. The van der Waals surface area contributed by atoms with E-state index in [0.29, 0.717) is 13.0 Å². The lowest BCUT2D eigenvalue weighted by atomic mass is 9.94. The molecule has 1 aromatic carbocycles. The Kier molecular flexibility index (Phi) is 4.23. The van der Waals surface area contributed by atoms with Gasteiger partial charge in [-0.15, -0.1) is 0 Å². The molecule has 1 aromatic rings. The Labute approximate surface area is 116 Å². The Balaban J connectivity index is 2.09. The molecule has 110 valence electrons. The number of nitrogens with one attached hydrogen (secondary N) is 1. The van der Waals surface area contributed by atoms with Gasteiger partial charge < -0.3 is 14.8 Å². The van der Waals surface area contributed by atoms with Gasteiger partial charge in [0.05, 0.1) is 11.6 Å². The number of halogens is 2. The molecule has 4 nitrogen and oxygen atoms in total. The summed E-state index contributed by atoms with van der Waals surface area (Å²) in [4.78, 5) is 12.2. The van der Waals surface area contributed by atoms with Gasteiger partial charge in [-0.1, -0.05) is 6.07 Å². The summed E-state index contributed by atoms with van der Waals surface area (Å²) in [6.45, 7) is 1.48. The fourth-order valence-corrected chi connectivity index (χ4v) is 2.14. The summed E-state index contributed by atoms with van der Waals surface area (Å²) in [5.41, 5.74) is -0.167. The number of rotatable bonds is 4. The number of benzene rings is 1. The Bertz CT molecular complexity index is 495. The Morgan fingerprint density at radius 2 is 2.30 bits per heavy atom. The molecule has 1 heterocycles. The first-order valence-electron chi connectivity index (χ1n) is 6.40. The van der Waals surface area contributed by atoms with Crippen molar-refractivity contribution in [2.45, 2.75) is 38.5 Å². The number of amides is 1. The van der Waals surface area contributed by atoms with Crippen LogP contribution < -0.4 is 10.1 Å². The summed E-state index contributed by atoms with van der Waals surface area (Å²) in [5, 5.41) is 2.89. The van der Waals surface area contributed by atoms with Crippen LogP contribution in [-0.4, -0.2) is 30.8 Å². The molecule has 0 radical (unpaired) electrons. The van der Waals surface area contributed by atoms with Gasteiger partial charge in [0.2, 0.25) is 0 Å². The molecule has 1 amide bonds. The van der Waals surface area contributed by atoms with Gasteiger partial charge >= 0.3 is 6.61 Å². The van der Waals surface area contributed by atoms with Gasteiger partial charge in [0, 0.05) is 12.2 Å². The maximum absolute atomic E-state index is 12.2. The van der Waals surface area contributed by atoms with E-state index in [-0.39, 0.29) is 23.3 Å². The van der Waals surface area contributed by atoms with Crippen LogP contribution >= 0.6 is 0 Å². The minimum Gasteiger partial charge on any atom is -0.435 e. The number of hydrogen-bond acceptors (Lipinski definition) is 3. The smallest absolute Gasteiger partial charge is 0.387 e. The average molecular weight is 285 g/mol. The van der Waals surface area contributed by atoms with Gasteiger partial charge in [0.1, 0.15) is 5.75 Å². The highest BCUT2D eigenvalue weighted by Crippen LogP contribution is 2.26. The summed E-state index contributed by atoms with van der Waals surface area (Å²) < 4.78 is 34.0. The topological polar surface area (TPSA) is 47.6 Å². The third-order valence-electron chi connectivity index (χ3n) is 3.61. The van der Waals surface area contributed by atoms with E-state index in [1.807, 2.05) is 13.8 Å². The lowest BCUT2D eigenvalue weighted by molar-refractivity contribution is -0.0498. The van der Waals surface area contributed by atoms with Crippen molar-refractivity contribution >= 4 is 5.91 Å². The second-order valence-electron chi connectivity index (χ2n) is 5.04. The van der Waals surface area contributed by atoms with Crippen LogP contribution in [0.15, 0.2) is 24.3 Å². The molecule has 1 aliphatic rings. The lowest BCUT2D eigenvalue weighted by Gasteiger charge is -2.28. The first-order valence-corrected chi connectivity index (χ1v) is 6.40. The number of ether oxygens (including phenoxy) is 2. The number of carbonyl (C=O) groups excluding carboxylic acids is 1. The number of carbonyl (C=O) groups is 1. The zero-order valence-electron chi connectivity index (χ0n) is 11.4. The van der Waals surface area contributed by atoms with Crippen molar-refractivity contribution in [1.29, 1.82) is 0 Å². The second-order valence-corrected chi connectivity index (χ2v) is 5.04. The van der Waals surface area contributed by atoms with Crippen LogP contribution in [0, 0.1) is 0 Å². The summed E-state index contributed by atoms with van der Waals surface area (Å²) in [5.74, 6) is -0.363. The van der Waals surface area contributed by atoms with Crippen LogP contribution in [-0.2, 0) is 4.74 Å². The summed E-state index contributed by atoms with van der Waals surface area (Å²) in [6.07, 6.45) is 0.625. The first-order chi connectivity index (χ1) is 9.40. The fraction of sp³-hybridized carbons (Fsp3) is 0.500. The molecule has 0 aliphatic carbocycles. The molecule has 0 saturated carbocycles. The largest absolute Gasteiger partial charge is 0.435 e. The molecule has 1 N–H and O–H groups in total. The van der Waals surface area contributed by atoms with Crippen molar-refractivity contribution in [3.8, 4) is 5.75 Å². The summed E-state index contributed by atoms with van der Waals surface area (Å²) in [6, 6.07) is 5.73. The number of alkyl halides is 2. The first kappa shape index (κ1) is 14.7. The van der Waals surface area contributed by atoms with Gasteiger partial charge in [-0.25, -0.2) is 0 Å². The Morgan fingerprint density at radius 1 is 1.55 bits per heavy atom. The Hall–Kier alpha value is -1.69. The number of hydrogen-bond donors (Lipinski definition) is 1. The zero-order chi connectivity index (χ0) is 14.8. The molecule has 2 atom stereocenters. The normalized spacial score (nSPS) is 25.8. The molecule has 1 fully saturated rings. The predicted octanol–water partition coefficient (Wildman–Crippen LogP) is 2.59. The third-order valence-corrected chi connectivity index (χ3v) is 3.61. The molecular weight excluding hydrogens is 268 g/mol. The van der Waals surface area contributed by atoms with Gasteiger partial charge in [0.25, 0.3) is 5.91 Å². The van der Waals surface area contributed by atoms with Crippen LogP contribution in [0.1, 0.15) is 30.6 Å². The van der Waals surface area contributed by atoms with Crippen molar-refractivity contribution in [1.82, 2.24) is 5.32 Å². The third kappa shape index (κ3) is 3.25. The SMILES string of the molecule is C[C@@H]1OCC[C@]1(C)NC(=O)c1cccc(OC(F)F)c1. The lowest BCUT2D eigenvalue weighted by Crippen LogP contribution is -2.50. The molecule has 0 aromatic heterocycles. The van der Waals surface area contributed by atoms with Crippen LogP contribution in [0.2, 0.25) is 0 Å². The molecule has 0 bridgehead atoms. The van der Waals surface area contributed by atoms with E-state index in [0.717, 1.165) is 0 Å². The van der Waals surface area contributed by atoms with Crippen molar-refractivity contribution in [3.05, 3.63) is 29.8 Å². The van der Waals surface area contributed by atoms with Gasteiger partial charge in [-0.05, 0) is 38.5 Å². The molecule has 0 spiro atoms. The van der Waals surface area contributed by atoms with E-state index >= 15 is 0 Å². The van der Waals surface area contributed by atoms with Crippen molar-refractivity contribution in [2.24, 2.45) is 0 Å². The van der Waals surface area contributed by atoms with Crippen molar-refractivity contribution in [2.75, 3.05) is 6.61 Å². The van der Waals surface area contributed by atoms with E-state index in [2.05, 4.69) is 10.1 Å². The predicted molar refractivity (Wildman–Crippen MR) is 69.0 cm³/mol. The highest BCUT2D eigenvalue weighted by Gasteiger charge is 2.38. The van der Waals surface area contributed by atoms with E-state index < -0.39 is 12.2 Å². The standard InChI is InChI=1S/C14H17F2NO3/c1-9-14(2,6-7-19-9)17-12(18)10-4-3-5-11(8-10)20-13(15)16/h3-5,8-9,13H,6-7H2,1-2H3,(H,17,18)/t9-,14-/m0/s1. The van der Waals surface area contributed by atoms with E-state index in [9.17, 15) is 13.6 Å². The van der Waals surface area contributed by atoms with Crippen molar-refractivity contribution in [3.63, 3.8) is 0 Å². The monoisotopic (exact) mass is 285 g/mol. The van der Waals surface area contributed by atoms with Gasteiger partial charge in [-0.2, -0.15) is 8.78 Å². The maximum Gasteiger partial charge on any atom is 0.387 e. The van der Waals surface area contributed by atoms with E-state index in [1.165, 1.54) is 18.2 Å². The molecule has 1 aliphatic heterocycles. The molecule has 2 rings (SSSR count). The van der Waals surface area contributed by atoms with E-state index in [4.69, 9.17) is 4.74 Å². The van der Waals surface area contributed by atoms with Crippen LogP contribution in [0.4, 0.5) is 8.78 Å². The molecular formula is C14H17F2NO3.